The van der Waals surface area contributed by atoms with Crippen molar-refractivity contribution in [1.29, 1.82) is 0 Å². The molecule has 1 rings (SSSR count). The average Bonchev–Trinajstić information content (AvgIpc) is 2.17. The Balaban J connectivity index is 3.00. The van der Waals surface area contributed by atoms with Gasteiger partial charge in [-0.2, -0.15) is 0 Å². The maximum absolute atomic E-state index is 12.9. The Kier molecular flexibility index (Phi) is 4.26. The topological polar surface area (TPSA) is 12.0 Å². The van der Waals surface area contributed by atoms with Gasteiger partial charge in [0.2, 0.25) is 0 Å². The predicted octanol–water partition coefficient (Wildman–Crippen LogP) is 3.96. The molecule has 1 unspecified atom stereocenters. The van der Waals surface area contributed by atoms with Crippen molar-refractivity contribution in [1.82, 2.24) is 0 Å². The van der Waals surface area contributed by atoms with Gasteiger partial charge < -0.3 is 5.32 Å². The molecule has 0 saturated carbocycles. The molecule has 0 radical (unpaired) electrons. The van der Waals surface area contributed by atoms with Crippen molar-refractivity contribution in [2.45, 2.75) is 19.4 Å². The second kappa shape index (κ2) is 5.25. The van der Waals surface area contributed by atoms with Crippen molar-refractivity contribution in [3.63, 3.8) is 0 Å². The third kappa shape index (κ3) is 3.02. The Morgan fingerprint density at radius 1 is 1.47 bits per heavy atom. The van der Waals surface area contributed by atoms with Gasteiger partial charge in [-0.05, 0) is 18.6 Å². The smallest absolute Gasteiger partial charge is 0.126 e. The van der Waals surface area contributed by atoms with Crippen molar-refractivity contribution in [2.75, 3.05) is 5.32 Å². The van der Waals surface area contributed by atoms with Crippen LogP contribution in [0.1, 0.15) is 13.3 Å². The molecule has 1 N–H and O–H groups in total. The summed E-state index contributed by atoms with van der Waals surface area (Å²) in [6, 6.07) is 2.23. The zero-order valence-corrected chi connectivity index (χ0v) is 9.66. The summed E-state index contributed by atoms with van der Waals surface area (Å²) < 4.78 is 12.9. The number of rotatable bonds is 3. The molecule has 1 aromatic carbocycles. The molecular formula is C11H10Cl2FN. The third-order valence-corrected chi connectivity index (χ3v) is 2.53. The van der Waals surface area contributed by atoms with Crippen molar-refractivity contribution in [3.8, 4) is 12.3 Å². The Morgan fingerprint density at radius 2 is 2.00 bits per heavy atom. The predicted molar refractivity (Wildman–Crippen MR) is 63.0 cm³/mol. The fourth-order valence-corrected chi connectivity index (χ4v) is 1.69. The van der Waals surface area contributed by atoms with E-state index in [1.807, 2.05) is 6.92 Å². The average molecular weight is 246 g/mol. The van der Waals surface area contributed by atoms with Gasteiger partial charge in [-0.15, -0.1) is 6.42 Å². The normalized spacial score (nSPS) is 11.9. The minimum Gasteiger partial charge on any atom is -0.369 e. The Morgan fingerprint density at radius 3 is 2.40 bits per heavy atom. The van der Waals surface area contributed by atoms with Crippen LogP contribution in [-0.2, 0) is 0 Å². The largest absolute Gasteiger partial charge is 0.369 e. The van der Waals surface area contributed by atoms with Crippen LogP contribution in [0.4, 0.5) is 10.1 Å². The van der Waals surface area contributed by atoms with Crippen LogP contribution in [0.25, 0.3) is 0 Å². The van der Waals surface area contributed by atoms with E-state index < -0.39 is 5.82 Å². The molecule has 0 aliphatic rings. The summed E-state index contributed by atoms with van der Waals surface area (Å²) in [5.41, 5.74) is 0.476. The highest BCUT2D eigenvalue weighted by Crippen LogP contribution is 2.31. The quantitative estimate of drug-likeness (QED) is 0.796. The van der Waals surface area contributed by atoms with E-state index in [-0.39, 0.29) is 16.1 Å². The van der Waals surface area contributed by atoms with Gasteiger partial charge in [0.15, 0.2) is 0 Å². The van der Waals surface area contributed by atoms with Crippen LogP contribution in [0.2, 0.25) is 10.0 Å². The molecule has 0 bridgehead atoms. The van der Waals surface area contributed by atoms with E-state index in [1.165, 1.54) is 12.1 Å². The lowest BCUT2D eigenvalue weighted by atomic mass is 10.2. The molecule has 15 heavy (non-hydrogen) atoms. The van der Waals surface area contributed by atoms with E-state index in [0.717, 1.165) is 6.42 Å². The molecule has 1 aromatic rings. The molecule has 1 nitrogen and oxygen atoms in total. The van der Waals surface area contributed by atoms with Crippen LogP contribution in [0.3, 0.4) is 0 Å². The lowest BCUT2D eigenvalue weighted by Gasteiger charge is -2.15. The van der Waals surface area contributed by atoms with Gasteiger partial charge in [-0.1, -0.05) is 36.0 Å². The fourth-order valence-electron chi connectivity index (χ4n) is 1.12. The monoisotopic (exact) mass is 245 g/mol. The maximum Gasteiger partial charge on any atom is 0.126 e. The van der Waals surface area contributed by atoms with Crippen LogP contribution in [0.5, 0.6) is 0 Å². The molecule has 0 amide bonds. The highest BCUT2D eigenvalue weighted by atomic mass is 35.5. The number of anilines is 1. The van der Waals surface area contributed by atoms with E-state index in [1.54, 1.807) is 0 Å². The number of hydrogen-bond donors (Lipinski definition) is 1. The van der Waals surface area contributed by atoms with E-state index in [4.69, 9.17) is 29.6 Å². The standard InChI is InChI=1S/C11H10Cl2FN/c1-3-8(4-2)15-11-9(12)5-7(14)6-10(11)13/h1,5-6,8,15H,4H2,2H3. The molecule has 0 heterocycles. The number of hydrogen-bond acceptors (Lipinski definition) is 1. The summed E-state index contributed by atoms with van der Waals surface area (Å²) in [6.07, 6.45) is 6.03. The molecule has 0 aromatic heterocycles. The Hall–Kier alpha value is -0.910. The second-order valence-corrected chi connectivity index (χ2v) is 3.83. The number of benzene rings is 1. The van der Waals surface area contributed by atoms with E-state index in [9.17, 15) is 4.39 Å². The number of nitrogens with one attached hydrogen (secondary N) is 1. The van der Waals surface area contributed by atoms with Gasteiger partial charge >= 0.3 is 0 Å². The van der Waals surface area contributed by atoms with Crippen molar-refractivity contribution in [3.05, 3.63) is 28.0 Å². The number of halogens is 3. The summed E-state index contributed by atoms with van der Waals surface area (Å²) in [6.45, 7) is 1.93. The van der Waals surface area contributed by atoms with Gasteiger partial charge in [-0.25, -0.2) is 4.39 Å². The van der Waals surface area contributed by atoms with Crippen LogP contribution >= 0.6 is 23.2 Å². The van der Waals surface area contributed by atoms with Gasteiger partial charge in [0, 0.05) is 0 Å². The molecule has 4 heteroatoms. The summed E-state index contributed by atoms with van der Waals surface area (Å²) in [7, 11) is 0. The highest BCUT2D eigenvalue weighted by Gasteiger charge is 2.11. The van der Waals surface area contributed by atoms with Crippen LogP contribution in [0, 0.1) is 18.2 Å². The molecule has 80 valence electrons. The first kappa shape index (κ1) is 12.2. The summed E-state index contributed by atoms with van der Waals surface area (Å²) >= 11 is 11.7. The molecule has 0 aliphatic carbocycles. The molecule has 0 fully saturated rings. The van der Waals surface area contributed by atoms with Crippen LogP contribution in [-0.4, -0.2) is 6.04 Å². The summed E-state index contributed by atoms with van der Waals surface area (Å²) in [4.78, 5) is 0. The fraction of sp³-hybridized carbons (Fsp3) is 0.273. The molecule has 0 aliphatic heterocycles. The lowest BCUT2D eigenvalue weighted by molar-refractivity contribution is 0.628. The Labute approximate surface area is 98.6 Å². The minimum atomic E-state index is -0.468. The molecule has 0 spiro atoms. The van der Waals surface area contributed by atoms with Gasteiger partial charge in [0.25, 0.3) is 0 Å². The van der Waals surface area contributed by atoms with Crippen molar-refractivity contribution >= 4 is 28.9 Å². The van der Waals surface area contributed by atoms with Crippen molar-refractivity contribution < 1.29 is 4.39 Å². The van der Waals surface area contributed by atoms with Crippen LogP contribution in [0.15, 0.2) is 12.1 Å². The summed E-state index contributed by atoms with van der Waals surface area (Å²) in [5.74, 6) is 2.08. The number of terminal acetylenes is 1. The molecular weight excluding hydrogens is 236 g/mol. The molecule has 0 saturated heterocycles. The SMILES string of the molecule is C#CC(CC)Nc1c(Cl)cc(F)cc1Cl. The lowest BCUT2D eigenvalue weighted by Crippen LogP contribution is -2.16. The zero-order valence-electron chi connectivity index (χ0n) is 8.15. The van der Waals surface area contributed by atoms with Crippen LogP contribution < -0.4 is 5.32 Å². The summed E-state index contributed by atoms with van der Waals surface area (Å²) in [5, 5.41) is 3.44. The first-order chi connectivity index (χ1) is 7.08. The van der Waals surface area contributed by atoms with E-state index >= 15 is 0 Å². The van der Waals surface area contributed by atoms with Gasteiger partial charge in [0.05, 0.1) is 21.8 Å². The third-order valence-electron chi connectivity index (χ3n) is 1.93. The first-order valence-electron chi connectivity index (χ1n) is 4.45. The minimum absolute atomic E-state index is 0.162. The van der Waals surface area contributed by atoms with Gasteiger partial charge in [0.1, 0.15) is 5.82 Å². The van der Waals surface area contributed by atoms with Crippen molar-refractivity contribution in [2.24, 2.45) is 0 Å². The highest BCUT2D eigenvalue weighted by molar-refractivity contribution is 6.39. The second-order valence-electron chi connectivity index (χ2n) is 3.02. The Bertz CT molecular complexity index is 375. The van der Waals surface area contributed by atoms with E-state index in [2.05, 4.69) is 11.2 Å². The molecule has 1 atom stereocenters. The maximum atomic E-state index is 12.9. The van der Waals surface area contributed by atoms with Gasteiger partial charge in [-0.3, -0.25) is 0 Å². The zero-order chi connectivity index (χ0) is 11.4. The van der Waals surface area contributed by atoms with E-state index in [0.29, 0.717) is 5.69 Å². The first-order valence-corrected chi connectivity index (χ1v) is 5.21.